The average Bonchev–Trinajstić information content (AvgIpc) is 3.11. The summed E-state index contributed by atoms with van der Waals surface area (Å²) in [6.07, 6.45) is 0.301. The predicted molar refractivity (Wildman–Crippen MR) is 113 cm³/mol. The lowest BCUT2D eigenvalue weighted by Gasteiger charge is -2.22. The molecule has 0 unspecified atom stereocenters. The van der Waals surface area contributed by atoms with Gasteiger partial charge in [0, 0.05) is 37.1 Å². The fourth-order valence-corrected chi connectivity index (χ4v) is 3.59. The van der Waals surface area contributed by atoms with Gasteiger partial charge in [0.2, 0.25) is 5.91 Å². The number of carbonyl (C=O) groups is 2. The molecule has 7 heteroatoms. The standard InChI is InChI=1S/C21H22BrN3O3/c1-24(2)17-8-6-14(7-9-17)18-13-19(15-4-3-5-16(22)12-15)25(23-18)20(26)10-11-21(27)28/h3-9,12,19H,10-11,13H2,1-2H3,(H,27,28)/t19-/m0/s1. The van der Waals surface area contributed by atoms with E-state index in [1.807, 2.05) is 67.5 Å². The van der Waals surface area contributed by atoms with Crippen LogP contribution in [0.25, 0.3) is 0 Å². The van der Waals surface area contributed by atoms with Gasteiger partial charge in [-0.2, -0.15) is 5.10 Å². The molecule has 28 heavy (non-hydrogen) atoms. The molecule has 146 valence electrons. The topological polar surface area (TPSA) is 73.2 Å². The maximum absolute atomic E-state index is 12.7. The van der Waals surface area contributed by atoms with Crippen molar-refractivity contribution in [3.63, 3.8) is 0 Å². The van der Waals surface area contributed by atoms with Crippen LogP contribution in [0.2, 0.25) is 0 Å². The minimum absolute atomic E-state index is 0.0732. The van der Waals surface area contributed by atoms with E-state index in [0.29, 0.717) is 6.42 Å². The van der Waals surface area contributed by atoms with Crippen LogP contribution < -0.4 is 4.90 Å². The van der Waals surface area contributed by atoms with E-state index in [0.717, 1.165) is 27.0 Å². The number of aliphatic carboxylic acids is 1. The van der Waals surface area contributed by atoms with Gasteiger partial charge < -0.3 is 10.0 Å². The third-order valence-corrected chi connectivity index (χ3v) is 5.16. The van der Waals surface area contributed by atoms with Crippen LogP contribution in [0.15, 0.2) is 58.1 Å². The van der Waals surface area contributed by atoms with Gasteiger partial charge in [-0.05, 0) is 35.4 Å². The zero-order chi connectivity index (χ0) is 20.3. The molecule has 0 radical (unpaired) electrons. The first-order chi connectivity index (χ1) is 13.3. The summed E-state index contributed by atoms with van der Waals surface area (Å²) in [6.45, 7) is 0. The van der Waals surface area contributed by atoms with Crippen LogP contribution in [0, 0.1) is 0 Å². The lowest BCUT2D eigenvalue weighted by molar-refractivity contribution is -0.141. The summed E-state index contributed by atoms with van der Waals surface area (Å²) >= 11 is 3.47. The van der Waals surface area contributed by atoms with E-state index in [1.54, 1.807) is 0 Å². The highest BCUT2D eigenvalue weighted by molar-refractivity contribution is 9.10. The van der Waals surface area contributed by atoms with Crippen LogP contribution in [0.4, 0.5) is 5.69 Å². The van der Waals surface area contributed by atoms with Crippen LogP contribution in [0.3, 0.4) is 0 Å². The highest BCUT2D eigenvalue weighted by Gasteiger charge is 2.33. The highest BCUT2D eigenvalue weighted by Crippen LogP contribution is 2.34. The summed E-state index contributed by atoms with van der Waals surface area (Å²) in [6, 6.07) is 15.6. The maximum atomic E-state index is 12.7. The molecule has 1 aliphatic rings. The molecular formula is C21H22BrN3O3. The highest BCUT2D eigenvalue weighted by atomic mass is 79.9. The van der Waals surface area contributed by atoms with Crippen molar-refractivity contribution in [2.24, 2.45) is 5.10 Å². The second kappa shape index (κ2) is 8.56. The molecule has 1 heterocycles. The molecule has 0 aromatic heterocycles. The third kappa shape index (κ3) is 4.59. The molecule has 0 bridgehead atoms. The van der Waals surface area contributed by atoms with Crippen molar-refractivity contribution >= 4 is 39.2 Å². The number of halogens is 1. The summed E-state index contributed by atoms with van der Waals surface area (Å²) in [4.78, 5) is 25.6. The Labute approximate surface area is 172 Å². The minimum Gasteiger partial charge on any atom is -0.481 e. The van der Waals surface area contributed by atoms with Gasteiger partial charge in [-0.25, -0.2) is 5.01 Å². The van der Waals surface area contributed by atoms with Crippen molar-refractivity contribution in [3.8, 4) is 0 Å². The Hall–Kier alpha value is -2.67. The van der Waals surface area contributed by atoms with Gasteiger partial charge in [0.25, 0.3) is 0 Å². The minimum atomic E-state index is -0.991. The Kier molecular flexibility index (Phi) is 6.14. The Balaban J connectivity index is 1.90. The summed E-state index contributed by atoms with van der Waals surface area (Å²) in [5.41, 5.74) is 3.82. The number of amides is 1. The molecule has 6 nitrogen and oxygen atoms in total. The van der Waals surface area contributed by atoms with E-state index in [4.69, 9.17) is 5.11 Å². The third-order valence-electron chi connectivity index (χ3n) is 4.67. The molecule has 1 amide bonds. The van der Waals surface area contributed by atoms with Gasteiger partial charge in [0.05, 0.1) is 18.2 Å². The molecule has 1 aliphatic heterocycles. The van der Waals surface area contributed by atoms with Gasteiger partial charge in [-0.1, -0.05) is 40.2 Å². The number of carboxylic acid groups (broad SMARTS) is 1. The molecular weight excluding hydrogens is 422 g/mol. The largest absolute Gasteiger partial charge is 0.481 e. The number of hydrogen-bond donors (Lipinski definition) is 1. The first-order valence-electron chi connectivity index (χ1n) is 8.99. The number of nitrogens with zero attached hydrogens (tertiary/aromatic N) is 3. The van der Waals surface area contributed by atoms with Gasteiger partial charge in [-0.15, -0.1) is 0 Å². The van der Waals surface area contributed by atoms with Crippen LogP contribution in [0.5, 0.6) is 0 Å². The molecule has 0 saturated carbocycles. The number of carboxylic acids is 1. The van der Waals surface area contributed by atoms with Crippen LogP contribution in [0.1, 0.15) is 36.4 Å². The number of anilines is 1. The van der Waals surface area contributed by atoms with E-state index in [2.05, 4.69) is 21.0 Å². The van der Waals surface area contributed by atoms with Crippen molar-refractivity contribution in [2.75, 3.05) is 19.0 Å². The molecule has 1 atom stereocenters. The van der Waals surface area contributed by atoms with Crippen molar-refractivity contribution in [3.05, 3.63) is 64.1 Å². The molecule has 0 aliphatic carbocycles. The van der Waals surface area contributed by atoms with Gasteiger partial charge >= 0.3 is 5.97 Å². The zero-order valence-electron chi connectivity index (χ0n) is 15.8. The van der Waals surface area contributed by atoms with Crippen molar-refractivity contribution in [2.45, 2.75) is 25.3 Å². The fraction of sp³-hybridized carbons (Fsp3) is 0.286. The van der Waals surface area contributed by atoms with E-state index in [1.165, 1.54) is 5.01 Å². The number of carbonyl (C=O) groups excluding carboxylic acids is 1. The van der Waals surface area contributed by atoms with E-state index < -0.39 is 5.97 Å². The van der Waals surface area contributed by atoms with Crippen LogP contribution in [-0.4, -0.2) is 41.8 Å². The number of rotatable bonds is 6. The van der Waals surface area contributed by atoms with Gasteiger partial charge in [0.15, 0.2) is 0 Å². The van der Waals surface area contributed by atoms with Crippen molar-refractivity contribution < 1.29 is 14.7 Å². The lowest BCUT2D eigenvalue weighted by atomic mass is 9.98. The van der Waals surface area contributed by atoms with Gasteiger partial charge in [0.1, 0.15) is 0 Å². The van der Waals surface area contributed by atoms with E-state index >= 15 is 0 Å². The molecule has 3 rings (SSSR count). The lowest BCUT2D eigenvalue weighted by Crippen LogP contribution is -2.27. The maximum Gasteiger partial charge on any atom is 0.303 e. The second-order valence-electron chi connectivity index (χ2n) is 6.89. The fourth-order valence-electron chi connectivity index (χ4n) is 3.17. The number of hydrazone groups is 1. The molecule has 0 saturated heterocycles. The Morgan fingerprint density at radius 1 is 1.18 bits per heavy atom. The number of hydrogen-bond acceptors (Lipinski definition) is 4. The van der Waals surface area contributed by atoms with Crippen molar-refractivity contribution in [1.82, 2.24) is 5.01 Å². The summed E-state index contributed by atoms with van der Waals surface area (Å²) < 4.78 is 0.923. The smallest absolute Gasteiger partial charge is 0.303 e. The summed E-state index contributed by atoms with van der Waals surface area (Å²) in [7, 11) is 3.96. The second-order valence-corrected chi connectivity index (χ2v) is 7.81. The van der Waals surface area contributed by atoms with Gasteiger partial charge in [-0.3, -0.25) is 9.59 Å². The zero-order valence-corrected chi connectivity index (χ0v) is 17.4. The predicted octanol–water partition coefficient (Wildman–Crippen LogP) is 4.06. The first-order valence-corrected chi connectivity index (χ1v) is 9.79. The van der Waals surface area contributed by atoms with Crippen molar-refractivity contribution in [1.29, 1.82) is 0 Å². The Morgan fingerprint density at radius 3 is 2.50 bits per heavy atom. The normalized spacial score (nSPS) is 16.0. The molecule has 2 aromatic carbocycles. The quantitative estimate of drug-likeness (QED) is 0.730. The SMILES string of the molecule is CN(C)c1ccc(C2=NN(C(=O)CCC(=O)O)[C@H](c3cccc(Br)c3)C2)cc1. The molecule has 2 aromatic rings. The molecule has 0 fully saturated rings. The first kappa shape index (κ1) is 20.1. The van der Waals surface area contributed by atoms with E-state index in [-0.39, 0.29) is 24.8 Å². The molecule has 0 spiro atoms. The Bertz CT molecular complexity index is 909. The average molecular weight is 444 g/mol. The summed E-state index contributed by atoms with van der Waals surface area (Å²) in [5.74, 6) is -1.28. The number of benzene rings is 2. The molecule has 1 N–H and O–H groups in total. The summed E-state index contributed by atoms with van der Waals surface area (Å²) in [5, 5.41) is 14.9. The monoisotopic (exact) mass is 443 g/mol. The van der Waals surface area contributed by atoms with Crippen LogP contribution in [-0.2, 0) is 9.59 Å². The Morgan fingerprint density at radius 2 is 1.89 bits per heavy atom. The van der Waals surface area contributed by atoms with Crippen LogP contribution >= 0.6 is 15.9 Å². The van der Waals surface area contributed by atoms with E-state index in [9.17, 15) is 9.59 Å².